The molecule has 1 aromatic rings. The molecule has 0 amide bonds. The maximum absolute atomic E-state index is 13.9. The van der Waals surface area contributed by atoms with Crippen molar-refractivity contribution in [2.75, 3.05) is 11.6 Å². The number of rotatable bonds is 2. The number of hydrogen-bond donors (Lipinski definition) is 3. The number of anilines is 1. The number of quaternary nitrogens is 1. The number of nitrogens with two attached hydrogens (primary N) is 1. The van der Waals surface area contributed by atoms with Gasteiger partial charge in [0.15, 0.2) is 5.69 Å². The zero-order chi connectivity index (χ0) is 12.9. The molecule has 1 atom stereocenters. The molecule has 0 spiro atoms. The highest BCUT2D eigenvalue weighted by molar-refractivity contribution is 14.1. The van der Waals surface area contributed by atoms with E-state index in [0.29, 0.717) is 22.1 Å². The number of nitrogens with one attached hydrogen (secondary N) is 1. The van der Waals surface area contributed by atoms with Crippen LogP contribution in [-0.4, -0.2) is 17.3 Å². The molecule has 1 aliphatic heterocycles. The van der Waals surface area contributed by atoms with Crippen LogP contribution in [0.2, 0.25) is 0 Å². The number of β-amino-alcohol motifs (C(OH)–C–C–N with tert-alkyl or cyclic N) is 1. The van der Waals surface area contributed by atoms with Gasteiger partial charge in [-0.05, 0) is 35.9 Å². The summed E-state index contributed by atoms with van der Waals surface area (Å²) in [6, 6.07) is 1.81. The fourth-order valence-corrected chi connectivity index (χ4v) is 3.09. The monoisotopic (exact) mass is 362 g/mol. The summed E-state index contributed by atoms with van der Waals surface area (Å²) in [4.78, 5) is 0. The van der Waals surface area contributed by atoms with Gasteiger partial charge in [0, 0.05) is 11.6 Å². The fraction of sp³-hybridized carbons (Fsp3) is 0.333. The Labute approximate surface area is 118 Å². The van der Waals surface area contributed by atoms with E-state index in [1.165, 1.54) is 0 Å². The van der Waals surface area contributed by atoms with Gasteiger partial charge >= 0.3 is 0 Å². The average molecular weight is 362 g/mol. The molecule has 2 aliphatic rings. The summed E-state index contributed by atoms with van der Waals surface area (Å²) >= 11 is 2.00. The molecule has 0 bridgehead atoms. The maximum Gasteiger partial charge on any atom is 0.176 e. The molecule has 0 saturated heterocycles. The SMILES string of the molecule is Cc1c(F)c(I)cc2c1N(CC1(O)C=CC1)N[NH2+]2. The van der Waals surface area contributed by atoms with Gasteiger partial charge in [-0.15, -0.1) is 0 Å². The quantitative estimate of drug-likeness (QED) is 0.317. The number of fused-ring (bicyclic) bond motifs is 1. The second-order valence-corrected chi connectivity index (χ2v) is 5.97. The maximum atomic E-state index is 13.9. The zero-order valence-corrected chi connectivity index (χ0v) is 12.0. The van der Waals surface area contributed by atoms with Gasteiger partial charge in [0.05, 0.1) is 10.1 Å². The average Bonchev–Trinajstić information content (AvgIpc) is 2.67. The van der Waals surface area contributed by atoms with Crippen LogP contribution in [-0.2, 0) is 0 Å². The third-order valence-electron chi connectivity index (χ3n) is 3.43. The molecule has 1 unspecified atom stereocenters. The van der Waals surface area contributed by atoms with Crippen molar-refractivity contribution < 1.29 is 14.9 Å². The highest BCUT2D eigenvalue weighted by atomic mass is 127. The van der Waals surface area contributed by atoms with Crippen molar-refractivity contribution in [1.29, 1.82) is 0 Å². The van der Waals surface area contributed by atoms with E-state index in [1.807, 2.05) is 45.2 Å². The molecule has 4 N–H and O–H groups in total. The lowest BCUT2D eigenvalue weighted by Gasteiger charge is -2.33. The standard InChI is InChI=1S/C12H13FIN3O/c1-7-10(13)8(14)5-9-11(7)17(16-15-9)6-12(18)3-2-4-12/h2-3,5,15-16,18H,4,6H2,1H3/p+1. The van der Waals surface area contributed by atoms with Crippen molar-refractivity contribution in [1.82, 2.24) is 5.53 Å². The zero-order valence-electron chi connectivity index (χ0n) is 9.87. The first-order valence-electron chi connectivity index (χ1n) is 5.76. The van der Waals surface area contributed by atoms with Crippen molar-refractivity contribution in [3.8, 4) is 0 Å². The van der Waals surface area contributed by atoms with Crippen molar-refractivity contribution >= 4 is 34.0 Å². The van der Waals surface area contributed by atoms with E-state index in [-0.39, 0.29) is 5.82 Å². The normalized spacial score (nSPS) is 25.2. The minimum absolute atomic E-state index is 0.187. The fourth-order valence-electron chi connectivity index (χ4n) is 2.35. The van der Waals surface area contributed by atoms with Crippen molar-refractivity contribution in [2.45, 2.75) is 18.9 Å². The smallest absolute Gasteiger partial charge is 0.176 e. The Bertz CT molecular complexity index is 549. The van der Waals surface area contributed by atoms with Crippen molar-refractivity contribution in [3.05, 3.63) is 33.2 Å². The first-order valence-corrected chi connectivity index (χ1v) is 6.84. The highest BCUT2D eigenvalue weighted by Gasteiger charge is 2.36. The van der Waals surface area contributed by atoms with Gasteiger partial charge in [-0.2, -0.15) is 0 Å². The lowest BCUT2D eigenvalue weighted by atomic mass is 9.89. The van der Waals surface area contributed by atoms with E-state index in [2.05, 4.69) is 5.53 Å². The molecule has 3 rings (SSSR count). The highest BCUT2D eigenvalue weighted by Crippen LogP contribution is 2.35. The molecular weight excluding hydrogens is 348 g/mol. The second kappa shape index (κ2) is 4.16. The predicted octanol–water partition coefficient (Wildman–Crippen LogP) is 0.864. The van der Waals surface area contributed by atoms with Crippen LogP contribution in [0, 0.1) is 16.3 Å². The molecule has 18 heavy (non-hydrogen) atoms. The van der Waals surface area contributed by atoms with E-state index < -0.39 is 5.60 Å². The Balaban J connectivity index is 1.96. The van der Waals surface area contributed by atoms with Crippen LogP contribution in [0.1, 0.15) is 12.0 Å². The molecule has 0 saturated carbocycles. The van der Waals surface area contributed by atoms with Crippen LogP contribution in [0.5, 0.6) is 0 Å². The molecule has 1 aliphatic carbocycles. The molecule has 1 heterocycles. The largest absolute Gasteiger partial charge is 0.384 e. The number of halogens is 2. The molecule has 96 valence electrons. The summed E-state index contributed by atoms with van der Waals surface area (Å²) in [5.41, 5.74) is 6.53. The minimum atomic E-state index is -0.797. The Morgan fingerprint density at radius 2 is 2.39 bits per heavy atom. The summed E-state index contributed by atoms with van der Waals surface area (Å²) in [6.07, 6.45) is 4.36. The number of nitrogens with zero attached hydrogens (tertiary/aromatic N) is 1. The summed E-state index contributed by atoms with van der Waals surface area (Å²) in [5.74, 6) is -0.187. The van der Waals surface area contributed by atoms with Gasteiger partial charge < -0.3 is 5.11 Å². The van der Waals surface area contributed by atoms with Crippen molar-refractivity contribution in [2.24, 2.45) is 0 Å². The van der Waals surface area contributed by atoms with Gasteiger partial charge in [-0.3, -0.25) is 5.01 Å². The molecule has 0 fully saturated rings. The van der Waals surface area contributed by atoms with Crippen LogP contribution in [0.4, 0.5) is 15.8 Å². The topological polar surface area (TPSA) is 52.1 Å². The first kappa shape index (κ1) is 12.3. The van der Waals surface area contributed by atoms with E-state index >= 15 is 0 Å². The Morgan fingerprint density at radius 3 is 3.00 bits per heavy atom. The molecule has 0 aromatic heterocycles. The van der Waals surface area contributed by atoms with Crippen LogP contribution >= 0.6 is 22.6 Å². The molecule has 1 aromatic carbocycles. The summed E-state index contributed by atoms with van der Waals surface area (Å²) in [5, 5.41) is 11.9. The van der Waals surface area contributed by atoms with Crippen LogP contribution < -0.4 is 16.0 Å². The second-order valence-electron chi connectivity index (χ2n) is 4.80. The van der Waals surface area contributed by atoms with E-state index in [0.717, 1.165) is 11.4 Å². The first-order chi connectivity index (χ1) is 8.50. The number of hydrogen-bond acceptors (Lipinski definition) is 3. The Kier molecular flexibility index (Phi) is 2.85. The summed E-state index contributed by atoms with van der Waals surface area (Å²) < 4.78 is 14.6. The van der Waals surface area contributed by atoms with E-state index in [9.17, 15) is 9.50 Å². The van der Waals surface area contributed by atoms with Crippen molar-refractivity contribution in [3.63, 3.8) is 0 Å². The van der Waals surface area contributed by atoms with Gasteiger partial charge in [0.1, 0.15) is 17.1 Å². The third-order valence-corrected chi connectivity index (χ3v) is 4.21. The third kappa shape index (κ3) is 1.83. The van der Waals surface area contributed by atoms with Crippen LogP contribution in [0.25, 0.3) is 0 Å². The summed E-state index contributed by atoms with van der Waals surface area (Å²) in [7, 11) is 0. The minimum Gasteiger partial charge on any atom is -0.384 e. The Hall–Kier alpha value is -0.700. The van der Waals surface area contributed by atoms with E-state index in [4.69, 9.17) is 0 Å². The number of aliphatic hydroxyl groups is 1. The van der Waals surface area contributed by atoms with Gasteiger partial charge in [-0.25, -0.2) is 9.82 Å². The molecule has 0 radical (unpaired) electrons. The van der Waals surface area contributed by atoms with Gasteiger partial charge in [0.2, 0.25) is 0 Å². The van der Waals surface area contributed by atoms with Gasteiger partial charge in [-0.1, -0.05) is 17.7 Å². The summed E-state index contributed by atoms with van der Waals surface area (Å²) in [6.45, 7) is 2.19. The molecular formula is C12H14FIN3O+. The van der Waals surface area contributed by atoms with Crippen LogP contribution in [0.3, 0.4) is 0 Å². The van der Waals surface area contributed by atoms with Gasteiger partial charge in [0.25, 0.3) is 0 Å². The molecule has 4 nitrogen and oxygen atoms in total. The lowest BCUT2D eigenvalue weighted by molar-refractivity contribution is -0.626. The molecule has 6 heteroatoms. The van der Waals surface area contributed by atoms with Crippen LogP contribution in [0.15, 0.2) is 18.2 Å². The van der Waals surface area contributed by atoms with E-state index in [1.54, 1.807) is 13.0 Å². The Morgan fingerprint density at radius 1 is 1.67 bits per heavy atom. The predicted molar refractivity (Wildman–Crippen MR) is 74.6 cm³/mol. The number of benzene rings is 1. The lowest BCUT2D eigenvalue weighted by Crippen LogP contribution is -2.88. The number of hydrazine groups is 1.